The summed E-state index contributed by atoms with van der Waals surface area (Å²) < 4.78 is 5.10. The molecule has 0 atom stereocenters. The van der Waals surface area contributed by atoms with E-state index in [2.05, 4.69) is 17.2 Å². The molecule has 4 nitrogen and oxygen atoms in total. The molecule has 2 aromatic rings. The van der Waals surface area contributed by atoms with Crippen molar-refractivity contribution in [3.05, 3.63) is 53.5 Å². The highest BCUT2D eigenvalue weighted by Crippen LogP contribution is 2.16. The molecule has 0 saturated heterocycles. The fraction of sp³-hybridized carbons (Fsp3) is 0.133. The van der Waals surface area contributed by atoms with E-state index in [4.69, 9.17) is 9.52 Å². The Morgan fingerprint density at radius 1 is 1.37 bits per heavy atom. The van der Waals surface area contributed by atoms with Gasteiger partial charge in [0.2, 0.25) is 0 Å². The number of anilines is 1. The highest BCUT2D eigenvalue weighted by molar-refractivity contribution is 6.05. The summed E-state index contributed by atoms with van der Waals surface area (Å²) >= 11 is 0. The van der Waals surface area contributed by atoms with Crippen LogP contribution in [0.4, 0.5) is 5.69 Å². The van der Waals surface area contributed by atoms with Crippen molar-refractivity contribution in [2.75, 3.05) is 11.9 Å². The fourth-order valence-electron chi connectivity index (χ4n) is 1.65. The maximum atomic E-state index is 12.1. The lowest BCUT2D eigenvalue weighted by Gasteiger charge is -2.06. The molecule has 2 rings (SSSR count). The summed E-state index contributed by atoms with van der Waals surface area (Å²) in [6.07, 6.45) is 1.47. The summed E-state index contributed by atoms with van der Waals surface area (Å²) in [5, 5.41) is 11.5. The summed E-state index contributed by atoms with van der Waals surface area (Å²) in [6, 6.07) is 8.78. The van der Waals surface area contributed by atoms with Gasteiger partial charge in [-0.3, -0.25) is 4.79 Å². The second-order valence-corrected chi connectivity index (χ2v) is 3.85. The number of nitrogens with one attached hydrogen (secondary N) is 1. The third-order valence-electron chi connectivity index (χ3n) is 2.58. The number of para-hydroxylation sites is 1. The lowest BCUT2D eigenvalue weighted by Crippen LogP contribution is -2.13. The lowest BCUT2D eigenvalue weighted by molar-refractivity contribution is 0.102. The molecule has 0 bridgehead atoms. The Bertz CT molecular complexity index is 647. The predicted molar refractivity (Wildman–Crippen MR) is 71.8 cm³/mol. The van der Waals surface area contributed by atoms with Crippen molar-refractivity contribution in [3.63, 3.8) is 0 Å². The highest BCUT2D eigenvalue weighted by Gasteiger charge is 2.12. The van der Waals surface area contributed by atoms with Gasteiger partial charge in [-0.2, -0.15) is 0 Å². The molecule has 0 unspecified atom stereocenters. The van der Waals surface area contributed by atoms with E-state index in [1.807, 2.05) is 12.1 Å². The number of carbonyl (C=O) groups is 1. The number of aliphatic hydroxyl groups is 1. The van der Waals surface area contributed by atoms with E-state index in [0.717, 1.165) is 0 Å². The molecule has 2 N–H and O–H groups in total. The van der Waals surface area contributed by atoms with Crippen LogP contribution in [0.5, 0.6) is 0 Å². The van der Waals surface area contributed by atoms with Crippen LogP contribution in [0.1, 0.15) is 21.7 Å². The van der Waals surface area contributed by atoms with Gasteiger partial charge in [-0.15, -0.1) is 0 Å². The van der Waals surface area contributed by atoms with E-state index < -0.39 is 0 Å². The molecule has 4 heteroatoms. The van der Waals surface area contributed by atoms with Gasteiger partial charge >= 0.3 is 0 Å². The van der Waals surface area contributed by atoms with E-state index in [-0.39, 0.29) is 12.5 Å². The molecule has 0 fully saturated rings. The van der Waals surface area contributed by atoms with Crippen LogP contribution in [0, 0.1) is 18.8 Å². The third-order valence-corrected chi connectivity index (χ3v) is 2.58. The Hall–Kier alpha value is -2.51. The second kappa shape index (κ2) is 5.89. The van der Waals surface area contributed by atoms with Crippen molar-refractivity contribution >= 4 is 11.6 Å². The molecular weight excluding hydrogens is 242 g/mol. The monoisotopic (exact) mass is 255 g/mol. The molecule has 1 amide bonds. The quantitative estimate of drug-likeness (QED) is 0.808. The van der Waals surface area contributed by atoms with Crippen LogP contribution in [-0.4, -0.2) is 17.6 Å². The maximum absolute atomic E-state index is 12.1. The van der Waals surface area contributed by atoms with Crippen molar-refractivity contribution in [2.24, 2.45) is 0 Å². The van der Waals surface area contributed by atoms with E-state index in [0.29, 0.717) is 22.6 Å². The molecule has 0 aliphatic carbocycles. The first-order chi connectivity index (χ1) is 9.22. The van der Waals surface area contributed by atoms with Crippen molar-refractivity contribution in [3.8, 4) is 11.8 Å². The van der Waals surface area contributed by atoms with Gasteiger partial charge < -0.3 is 14.8 Å². The zero-order chi connectivity index (χ0) is 13.7. The summed E-state index contributed by atoms with van der Waals surface area (Å²) in [4.78, 5) is 12.1. The van der Waals surface area contributed by atoms with E-state index in [1.165, 1.54) is 6.26 Å². The number of amides is 1. The molecular formula is C15H13NO3. The molecule has 0 spiro atoms. The first-order valence-electron chi connectivity index (χ1n) is 5.76. The Morgan fingerprint density at radius 3 is 2.84 bits per heavy atom. The number of hydrogen-bond donors (Lipinski definition) is 2. The number of aryl methyl sites for hydroxylation is 1. The minimum Gasteiger partial charge on any atom is -0.469 e. The number of rotatable bonds is 2. The van der Waals surface area contributed by atoms with Crippen LogP contribution >= 0.6 is 0 Å². The lowest BCUT2D eigenvalue weighted by atomic mass is 10.1. The molecule has 0 radical (unpaired) electrons. The molecule has 1 aromatic carbocycles. The summed E-state index contributed by atoms with van der Waals surface area (Å²) in [5.74, 6) is 5.67. The van der Waals surface area contributed by atoms with Gasteiger partial charge in [0.05, 0.1) is 17.5 Å². The standard InChI is InChI=1S/C15H13NO3/c1-11-13(8-10-19-11)15(18)16-14-7-3-2-5-12(14)6-4-9-17/h2-3,5,7-8,10,17H,9H2,1H3,(H,16,18). The van der Waals surface area contributed by atoms with E-state index in [1.54, 1.807) is 25.1 Å². The Balaban J connectivity index is 2.24. The number of hydrogen-bond acceptors (Lipinski definition) is 3. The Labute approximate surface area is 111 Å². The highest BCUT2D eigenvalue weighted by atomic mass is 16.3. The minimum absolute atomic E-state index is 0.219. The summed E-state index contributed by atoms with van der Waals surface area (Å²) in [7, 11) is 0. The van der Waals surface area contributed by atoms with Crippen LogP contribution < -0.4 is 5.32 Å². The number of carbonyl (C=O) groups excluding carboxylic acids is 1. The van der Waals surface area contributed by atoms with Gasteiger partial charge in [-0.25, -0.2) is 0 Å². The van der Waals surface area contributed by atoms with Crippen LogP contribution in [0.15, 0.2) is 41.0 Å². The third kappa shape index (κ3) is 3.03. The van der Waals surface area contributed by atoms with Crippen molar-refractivity contribution < 1.29 is 14.3 Å². The SMILES string of the molecule is Cc1occc1C(=O)Nc1ccccc1C#CCO. The van der Waals surface area contributed by atoms with E-state index >= 15 is 0 Å². The molecule has 1 aromatic heterocycles. The first kappa shape index (κ1) is 12.9. The van der Waals surface area contributed by atoms with Gasteiger partial charge in [0.25, 0.3) is 5.91 Å². The van der Waals surface area contributed by atoms with Gasteiger partial charge in [-0.1, -0.05) is 24.0 Å². The second-order valence-electron chi connectivity index (χ2n) is 3.85. The molecule has 0 aliphatic heterocycles. The Morgan fingerprint density at radius 2 is 2.16 bits per heavy atom. The average molecular weight is 255 g/mol. The number of benzene rings is 1. The van der Waals surface area contributed by atoms with Gasteiger partial charge in [0.1, 0.15) is 12.4 Å². The van der Waals surface area contributed by atoms with Gasteiger partial charge in [0.15, 0.2) is 0 Å². The van der Waals surface area contributed by atoms with E-state index in [9.17, 15) is 4.79 Å². The molecule has 0 saturated carbocycles. The zero-order valence-corrected chi connectivity index (χ0v) is 10.4. The first-order valence-corrected chi connectivity index (χ1v) is 5.76. The Kier molecular flexibility index (Phi) is 4.01. The van der Waals surface area contributed by atoms with Crippen molar-refractivity contribution in [2.45, 2.75) is 6.92 Å². The summed E-state index contributed by atoms with van der Waals surface area (Å²) in [6.45, 7) is 1.51. The predicted octanol–water partition coefficient (Wildman–Crippen LogP) is 2.18. The van der Waals surface area contributed by atoms with Crippen LogP contribution in [-0.2, 0) is 0 Å². The number of aliphatic hydroxyl groups excluding tert-OH is 1. The van der Waals surface area contributed by atoms with Gasteiger partial charge in [-0.05, 0) is 25.1 Å². The van der Waals surface area contributed by atoms with Crippen LogP contribution in [0.2, 0.25) is 0 Å². The number of furan rings is 1. The summed E-state index contributed by atoms with van der Waals surface area (Å²) in [5.41, 5.74) is 1.75. The fourth-order valence-corrected chi connectivity index (χ4v) is 1.65. The minimum atomic E-state index is -0.246. The van der Waals surface area contributed by atoms with Crippen LogP contribution in [0.25, 0.3) is 0 Å². The van der Waals surface area contributed by atoms with Crippen molar-refractivity contribution in [1.29, 1.82) is 0 Å². The van der Waals surface area contributed by atoms with Gasteiger partial charge in [0, 0.05) is 5.56 Å². The smallest absolute Gasteiger partial charge is 0.259 e. The molecule has 0 aliphatic rings. The molecule has 1 heterocycles. The topological polar surface area (TPSA) is 62.5 Å². The largest absolute Gasteiger partial charge is 0.469 e. The van der Waals surface area contributed by atoms with Crippen LogP contribution in [0.3, 0.4) is 0 Å². The maximum Gasteiger partial charge on any atom is 0.259 e. The zero-order valence-electron chi connectivity index (χ0n) is 10.4. The average Bonchev–Trinajstić information content (AvgIpc) is 2.84. The normalized spacial score (nSPS) is 9.58. The molecule has 19 heavy (non-hydrogen) atoms. The molecule has 96 valence electrons. The van der Waals surface area contributed by atoms with Crippen molar-refractivity contribution in [1.82, 2.24) is 0 Å².